The molecule has 0 aliphatic carbocycles. The quantitative estimate of drug-likeness (QED) is 0.539. The Balaban J connectivity index is 0. The summed E-state index contributed by atoms with van der Waals surface area (Å²) in [5.41, 5.74) is 0. The normalized spacial score (nSPS) is 8.55. The SMILES string of the molecule is CCCCCC(=O)OCC.[Zr+2]. The number of rotatable bonds is 5. The minimum atomic E-state index is -0.0593. The van der Waals surface area contributed by atoms with Crippen LogP contribution >= 0.6 is 0 Å². The molecule has 0 rings (SSSR count). The Morgan fingerprint density at radius 1 is 1.27 bits per heavy atom. The third-order valence-electron chi connectivity index (χ3n) is 1.29. The van der Waals surface area contributed by atoms with Gasteiger partial charge in [0, 0.05) is 6.42 Å². The fraction of sp³-hybridized carbons (Fsp3) is 0.875. The summed E-state index contributed by atoms with van der Waals surface area (Å²) in [4.78, 5) is 10.7. The van der Waals surface area contributed by atoms with E-state index < -0.39 is 0 Å². The molecule has 0 unspecified atom stereocenters. The summed E-state index contributed by atoms with van der Waals surface area (Å²) in [5.74, 6) is -0.0593. The van der Waals surface area contributed by atoms with Gasteiger partial charge in [-0.25, -0.2) is 0 Å². The van der Waals surface area contributed by atoms with E-state index >= 15 is 0 Å². The van der Waals surface area contributed by atoms with Gasteiger partial charge in [-0.15, -0.1) is 0 Å². The molecule has 0 radical (unpaired) electrons. The molecule has 3 heteroatoms. The Morgan fingerprint density at radius 3 is 2.36 bits per heavy atom. The van der Waals surface area contributed by atoms with E-state index in [-0.39, 0.29) is 32.2 Å². The van der Waals surface area contributed by atoms with Gasteiger partial charge in [0.1, 0.15) is 0 Å². The molecule has 0 aromatic carbocycles. The van der Waals surface area contributed by atoms with Gasteiger partial charge in [0.25, 0.3) is 0 Å². The van der Waals surface area contributed by atoms with Gasteiger partial charge in [-0.05, 0) is 13.3 Å². The predicted octanol–water partition coefficient (Wildman–Crippen LogP) is 2.13. The Bertz CT molecular complexity index is 94.1. The van der Waals surface area contributed by atoms with Crippen LogP contribution in [0, 0.1) is 0 Å². The molecule has 0 aromatic heterocycles. The van der Waals surface area contributed by atoms with E-state index in [0.717, 1.165) is 19.3 Å². The molecule has 2 nitrogen and oxygen atoms in total. The van der Waals surface area contributed by atoms with Gasteiger partial charge in [0.2, 0.25) is 0 Å². The van der Waals surface area contributed by atoms with Crippen LogP contribution in [-0.2, 0) is 35.7 Å². The summed E-state index contributed by atoms with van der Waals surface area (Å²) in [5, 5.41) is 0. The fourth-order valence-electron chi connectivity index (χ4n) is 0.752. The monoisotopic (exact) mass is 234 g/mol. The van der Waals surface area contributed by atoms with Crippen LogP contribution in [0.2, 0.25) is 0 Å². The third kappa shape index (κ3) is 10.4. The van der Waals surface area contributed by atoms with E-state index in [2.05, 4.69) is 6.92 Å². The van der Waals surface area contributed by atoms with Crippen LogP contribution < -0.4 is 0 Å². The second-order valence-corrected chi connectivity index (χ2v) is 2.26. The van der Waals surface area contributed by atoms with Crippen LogP contribution in [0.15, 0.2) is 0 Å². The van der Waals surface area contributed by atoms with Crippen LogP contribution in [0.25, 0.3) is 0 Å². The molecule has 0 N–H and O–H groups in total. The summed E-state index contributed by atoms with van der Waals surface area (Å²) in [6.45, 7) is 4.45. The van der Waals surface area contributed by atoms with Crippen molar-refractivity contribution in [1.29, 1.82) is 0 Å². The molecule has 0 saturated carbocycles. The number of hydrogen-bond donors (Lipinski definition) is 0. The Labute approximate surface area is 87.8 Å². The molecule has 0 saturated heterocycles. The van der Waals surface area contributed by atoms with Crippen LogP contribution in [0.1, 0.15) is 39.5 Å². The molecule has 11 heavy (non-hydrogen) atoms. The average Bonchev–Trinajstić information content (AvgIpc) is 1.89. The van der Waals surface area contributed by atoms with Gasteiger partial charge in [-0.1, -0.05) is 19.8 Å². The fourth-order valence-corrected chi connectivity index (χ4v) is 0.752. The van der Waals surface area contributed by atoms with Crippen LogP contribution in [0.3, 0.4) is 0 Å². The first-order valence-electron chi connectivity index (χ1n) is 3.96. The Hall–Kier alpha value is 0.353. The summed E-state index contributed by atoms with van der Waals surface area (Å²) < 4.78 is 4.75. The molecule has 0 aliphatic rings. The summed E-state index contributed by atoms with van der Waals surface area (Å²) in [6.07, 6.45) is 3.83. The van der Waals surface area contributed by atoms with E-state index in [4.69, 9.17) is 4.74 Å². The summed E-state index contributed by atoms with van der Waals surface area (Å²) in [6, 6.07) is 0. The molecular formula is C8H16O2Zr+2. The van der Waals surface area contributed by atoms with Crippen molar-refractivity contribution in [2.24, 2.45) is 0 Å². The molecule has 62 valence electrons. The van der Waals surface area contributed by atoms with Gasteiger partial charge in [0.15, 0.2) is 0 Å². The number of esters is 1. The first kappa shape index (κ1) is 13.9. The molecule has 0 aromatic rings. The molecule has 0 bridgehead atoms. The maximum Gasteiger partial charge on any atom is 2.00 e. The van der Waals surface area contributed by atoms with Crippen molar-refractivity contribution < 1.29 is 35.7 Å². The van der Waals surface area contributed by atoms with Crippen molar-refractivity contribution in [1.82, 2.24) is 0 Å². The Kier molecular flexibility index (Phi) is 13.1. The van der Waals surface area contributed by atoms with Gasteiger partial charge in [0.05, 0.1) is 6.61 Å². The van der Waals surface area contributed by atoms with E-state index in [1.165, 1.54) is 0 Å². The van der Waals surface area contributed by atoms with Crippen LogP contribution in [0.5, 0.6) is 0 Å². The maximum atomic E-state index is 10.7. The molecular weight excluding hydrogens is 219 g/mol. The van der Waals surface area contributed by atoms with E-state index in [1.807, 2.05) is 6.92 Å². The first-order valence-corrected chi connectivity index (χ1v) is 3.96. The van der Waals surface area contributed by atoms with Gasteiger partial charge in [-0.3, -0.25) is 4.79 Å². The molecule has 0 heterocycles. The minimum Gasteiger partial charge on any atom is -0.466 e. The maximum absolute atomic E-state index is 10.7. The molecule has 0 amide bonds. The largest absolute Gasteiger partial charge is 2.00 e. The third-order valence-corrected chi connectivity index (χ3v) is 1.29. The molecule has 0 fully saturated rings. The van der Waals surface area contributed by atoms with E-state index in [0.29, 0.717) is 13.0 Å². The number of ether oxygens (including phenoxy) is 1. The summed E-state index contributed by atoms with van der Waals surface area (Å²) in [7, 11) is 0. The number of carbonyl (C=O) groups is 1. The predicted molar refractivity (Wildman–Crippen MR) is 40.8 cm³/mol. The molecule has 0 aliphatic heterocycles. The topological polar surface area (TPSA) is 26.3 Å². The van der Waals surface area contributed by atoms with Gasteiger partial charge in [-0.2, -0.15) is 0 Å². The molecule has 0 spiro atoms. The van der Waals surface area contributed by atoms with Crippen molar-refractivity contribution in [2.75, 3.05) is 6.61 Å². The minimum absolute atomic E-state index is 0. The number of hydrogen-bond acceptors (Lipinski definition) is 2. The standard InChI is InChI=1S/C8H16O2.Zr/c1-3-5-6-7-8(9)10-4-2;/h3-7H2,1-2H3;/q;+2. The molecule has 0 atom stereocenters. The van der Waals surface area contributed by atoms with Crippen molar-refractivity contribution in [3.8, 4) is 0 Å². The van der Waals surface area contributed by atoms with Crippen molar-refractivity contribution in [3.05, 3.63) is 0 Å². The van der Waals surface area contributed by atoms with Crippen molar-refractivity contribution in [2.45, 2.75) is 39.5 Å². The zero-order chi connectivity index (χ0) is 7.82. The summed E-state index contributed by atoms with van der Waals surface area (Å²) >= 11 is 0. The zero-order valence-electron chi connectivity index (χ0n) is 7.35. The number of carbonyl (C=O) groups excluding carboxylic acids is 1. The first-order chi connectivity index (χ1) is 4.81. The second kappa shape index (κ2) is 10.4. The van der Waals surface area contributed by atoms with Crippen LogP contribution in [0.4, 0.5) is 0 Å². The van der Waals surface area contributed by atoms with Gasteiger partial charge < -0.3 is 4.74 Å². The zero-order valence-corrected chi connectivity index (χ0v) is 9.81. The van der Waals surface area contributed by atoms with E-state index in [9.17, 15) is 4.79 Å². The van der Waals surface area contributed by atoms with Crippen molar-refractivity contribution >= 4 is 5.97 Å². The van der Waals surface area contributed by atoms with Crippen LogP contribution in [-0.4, -0.2) is 12.6 Å². The Morgan fingerprint density at radius 2 is 1.91 bits per heavy atom. The average molecular weight is 235 g/mol. The van der Waals surface area contributed by atoms with E-state index in [1.54, 1.807) is 0 Å². The van der Waals surface area contributed by atoms with Gasteiger partial charge >= 0.3 is 32.2 Å². The second-order valence-electron chi connectivity index (χ2n) is 2.26. The number of unbranched alkanes of at least 4 members (excludes halogenated alkanes) is 2. The van der Waals surface area contributed by atoms with Crippen molar-refractivity contribution in [3.63, 3.8) is 0 Å². The smallest absolute Gasteiger partial charge is 0.466 e.